The van der Waals surface area contributed by atoms with E-state index in [2.05, 4.69) is 11.4 Å². The highest BCUT2D eigenvalue weighted by molar-refractivity contribution is 5.42. The van der Waals surface area contributed by atoms with Crippen LogP contribution in [0.15, 0.2) is 18.2 Å². The molecular weight excluding hydrogens is 268 g/mol. The molecule has 5 heteroatoms. The van der Waals surface area contributed by atoms with E-state index in [9.17, 15) is 0 Å². The van der Waals surface area contributed by atoms with Crippen LogP contribution in [0.25, 0.3) is 0 Å². The quantitative estimate of drug-likeness (QED) is 0.635. The summed E-state index contributed by atoms with van der Waals surface area (Å²) in [7, 11) is 3.32. The van der Waals surface area contributed by atoms with Gasteiger partial charge in [0, 0.05) is 26.6 Å². The summed E-state index contributed by atoms with van der Waals surface area (Å²) in [5.41, 5.74) is 1.14. The molecule has 0 heterocycles. The second-order valence-corrected chi connectivity index (χ2v) is 4.62. The van der Waals surface area contributed by atoms with Crippen molar-refractivity contribution < 1.29 is 14.2 Å². The van der Waals surface area contributed by atoms with Crippen LogP contribution in [0.3, 0.4) is 0 Å². The lowest BCUT2D eigenvalue weighted by atomic mass is 10.2. The largest absolute Gasteiger partial charge is 0.493 e. The Kier molecular flexibility index (Phi) is 9.01. The van der Waals surface area contributed by atoms with Crippen LogP contribution < -0.4 is 14.8 Å². The highest BCUT2D eigenvalue weighted by Gasteiger charge is 2.05. The van der Waals surface area contributed by atoms with E-state index in [0.717, 1.165) is 43.0 Å². The monoisotopic (exact) mass is 292 g/mol. The van der Waals surface area contributed by atoms with Gasteiger partial charge in [-0.25, -0.2) is 0 Å². The van der Waals surface area contributed by atoms with E-state index in [1.165, 1.54) is 0 Å². The van der Waals surface area contributed by atoms with E-state index in [0.29, 0.717) is 19.6 Å². The topological polar surface area (TPSA) is 63.5 Å². The van der Waals surface area contributed by atoms with Gasteiger partial charge in [-0.15, -0.1) is 0 Å². The predicted octanol–water partition coefficient (Wildman–Crippen LogP) is 2.50. The molecule has 1 aromatic rings. The first-order valence-corrected chi connectivity index (χ1v) is 7.18. The minimum absolute atomic E-state index is 0.573. The summed E-state index contributed by atoms with van der Waals surface area (Å²) in [4.78, 5) is 0. The normalized spacial score (nSPS) is 10.1. The number of methoxy groups -OCH3 is 2. The molecule has 0 bridgehead atoms. The highest BCUT2D eigenvalue weighted by atomic mass is 16.5. The minimum atomic E-state index is 0.573. The van der Waals surface area contributed by atoms with Crippen LogP contribution in [-0.4, -0.2) is 34.0 Å². The molecule has 0 saturated heterocycles. The van der Waals surface area contributed by atoms with Gasteiger partial charge < -0.3 is 19.5 Å². The molecule has 1 aromatic carbocycles. The smallest absolute Gasteiger partial charge is 0.161 e. The molecule has 5 nitrogen and oxygen atoms in total. The van der Waals surface area contributed by atoms with Gasteiger partial charge >= 0.3 is 0 Å². The maximum absolute atomic E-state index is 8.50. The number of benzene rings is 1. The zero-order chi connectivity index (χ0) is 15.3. The van der Waals surface area contributed by atoms with Crippen LogP contribution in [0.1, 0.15) is 24.8 Å². The van der Waals surface area contributed by atoms with Gasteiger partial charge in [0.15, 0.2) is 11.5 Å². The fourth-order valence-electron chi connectivity index (χ4n) is 1.84. The molecule has 0 amide bonds. The van der Waals surface area contributed by atoms with Crippen molar-refractivity contribution in [2.24, 2.45) is 0 Å². The summed E-state index contributed by atoms with van der Waals surface area (Å²) in [6.07, 6.45) is 2.30. The lowest BCUT2D eigenvalue weighted by molar-refractivity contribution is 0.199. The fourth-order valence-corrected chi connectivity index (χ4v) is 1.84. The van der Waals surface area contributed by atoms with Gasteiger partial charge in [-0.1, -0.05) is 6.07 Å². The molecule has 1 rings (SSSR count). The van der Waals surface area contributed by atoms with Crippen molar-refractivity contribution in [3.63, 3.8) is 0 Å². The Labute approximate surface area is 126 Å². The van der Waals surface area contributed by atoms with Gasteiger partial charge in [0.1, 0.15) is 0 Å². The molecule has 0 saturated carbocycles. The summed E-state index contributed by atoms with van der Waals surface area (Å²) in [5.74, 6) is 1.48. The van der Waals surface area contributed by atoms with E-state index in [1.54, 1.807) is 14.2 Å². The van der Waals surface area contributed by atoms with E-state index in [1.807, 2.05) is 18.2 Å². The molecule has 0 aliphatic carbocycles. The number of hydrogen-bond donors (Lipinski definition) is 1. The summed E-state index contributed by atoms with van der Waals surface area (Å²) in [6.45, 7) is 2.86. The van der Waals surface area contributed by atoms with E-state index >= 15 is 0 Å². The molecule has 0 atom stereocenters. The Morgan fingerprint density at radius 2 is 2.00 bits per heavy atom. The van der Waals surface area contributed by atoms with Gasteiger partial charge in [-0.2, -0.15) is 5.26 Å². The molecule has 0 fully saturated rings. The molecule has 0 aliphatic heterocycles. The van der Waals surface area contributed by atoms with Crippen molar-refractivity contribution in [1.82, 2.24) is 5.32 Å². The Morgan fingerprint density at radius 3 is 2.71 bits per heavy atom. The third kappa shape index (κ3) is 6.98. The Morgan fingerprint density at radius 1 is 1.14 bits per heavy atom. The molecule has 0 spiro atoms. The van der Waals surface area contributed by atoms with Crippen LogP contribution in [0.5, 0.6) is 11.5 Å². The number of nitriles is 1. The van der Waals surface area contributed by atoms with E-state index in [4.69, 9.17) is 19.5 Å². The lowest BCUT2D eigenvalue weighted by Crippen LogP contribution is -2.18. The Balaban J connectivity index is 2.48. The lowest BCUT2D eigenvalue weighted by Gasteiger charge is -2.12. The van der Waals surface area contributed by atoms with Crippen LogP contribution in [0, 0.1) is 11.3 Å². The molecule has 116 valence electrons. The minimum Gasteiger partial charge on any atom is -0.493 e. The predicted molar refractivity (Wildman–Crippen MR) is 81.5 cm³/mol. The van der Waals surface area contributed by atoms with E-state index < -0.39 is 0 Å². The first kappa shape index (κ1) is 17.3. The first-order chi connectivity index (χ1) is 10.3. The molecule has 0 radical (unpaired) electrons. The maximum atomic E-state index is 8.50. The SMILES string of the molecule is COCCNCc1ccc(OC)c(OCCCCC#N)c1. The number of nitrogens with one attached hydrogen (secondary N) is 1. The highest BCUT2D eigenvalue weighted by Crippen LogP contribution is 2.28. The summed E-state index contributed by atoms with van der Waals surface area (Å²) < 4.78 is 16.1. The number of rotatable bonds is 11. The molecule has 0 aromatic heterocycles. The third-order valence-corrected chi connectivity index (χ3v) is 2.98. The van der Waals surface area contributed by atoms with Gasteiger partial charge in [0.05, 0.1) is 26.4 Å². The van der Waals surface area contributed by atoms with Gasteiger partial charge in [-0.3, -0.25) is 0 Å². The van der Waals surface area contributed by atoms with Crippen molar-refractivity contribution in [1.29, 1.82) is 5.26 Å². The fraction of sp³-hybridized carbons (Fsp3) is 0.562. The van der Waals surface area contributed by atoms with Crippen LogP contribution in [-0.2, 0) is 11.3 Å². The zero-order valence-corrected chi connectivity index (χ0v) is 12.9. The summed E-state index contributed by atoms with van der Waals surface area (Å²) in [5, 5.41) is 11.8. The van der Waals surface area contributed by atoms with Crippen molar-refractivity contribution in [2.75, 3.05) is 34.0 Å². The van der Waals surface area contributed by atoms with Crippen molar-refractivity contribution >= 4 is 0 Å². The molecular formula is C16H24N2O3. The second-order valence-electron chi connectivity index (χ2n) is 4.62. The Bertz CT molecular complexity index is 444. The first-order valence-electron chi connectivity index (χ1n) is 7.18. The van der Waals surface area contributed by atoms with Crippen molar-refractivity contribution in [3.8, 4) is 17.6 Å². The van der Waals surface area contributed by atoms with Gasteiger partial charge in [0.2, 0.25) is 0 Å². The Hall–Kier alpha value is -1.77. The van der Waals surface area contributed by atoms with Crippen molar-refractivity contribution in [3.05, 3.63) is 23.8 Å². The summed E-state index contributed by atoms with van der Waals surface area (Å²) >= 11 is 0. The average Bonchev–Trinajstić information content (AvgIpc) is 2.51. The van der Waals surface area contributed by atoms with Crippen LogP contribution >= 0.6 is 0 Å². The van der Waals surface area contributed by atoms with Crippen LogP contribution in [0.2, 0.25) is 0 Å². The van der Waals surface area contributed by atoms with Crippen molar-refractivity contribution in [2.45, 2.75) is 25.8 Å². The third-order valence-electron chi connectivity index (χ3n) is 2.98. The number of ether oxygens (including phenoxy) is 3. The number of unbranched alkanes of at least 4 members (excludes halogenated alkanes) is 2. The zero-order valence-electron chi connectivity index (χ0n) is 12.9. The van der Waals surface area contributed by atoms with Crippen LogP contribution in [0.4, 0.5) is 0 Å². The molecule has 0 aliphatic rings. The van der Waals surface area contributed by atoms with Gasteiger partial charge in [0.25, 0.3) is 0 Å². The maximum Gasteiger partial charge on any atom is 0.161 e. The standard InChI is InChI=1S/C16H24N2O3/c1-19-11-9-18-13-14-6-7-15(20-2)16(12-14)21-10-5-3-4-8-17/h6-7,12,18H,3-5,9-11,13H2,1-2H3. The molecule has 0 unspecified atom stereocenters. The second kappa shape index (κ2) is 11.0. The summed E-state index contributed by atoms with van der Waals surface area (Å²) in [6, 6.07) is 8.05. The molecule has 21 heavy (non-hydrogen) atoms. The van der Waals surface area contributed by atoms with E-state index in [-0.39, 0.29) is 0 Å². The number of nitrogens with zero attached hydrogens (tertiary/aromatic N) is 1. The van der Waals surface area contributed by atoms with Gasteiger partial charge in [-0.05, 0) is 30.5 Å². The average molecular weight is 292 g/mol. The number of hydrogen-bond acceptors (Lipinski definition) is 5. The molecule has 1 N–H and O–H groups in total.